The van der Waals surface area contributed by atoms with Crippen molar-refractivity contribution in [3.63, 3.8) is 0 Å². The summed E-state index contributed by atoms with van der Waals surface area (Å²) in [6.45, 7) is 3.73. The van der Waals surface area contributed by atoms with Gasteiger partial charge >= 0.3 is 0 Å². The van der Waals surface area contributed by atoms with E-state index in [-0.39, 0.29) is 11.2 Å². The number of anilines is 1. The van der Waals surface area contributed by atoms with Crippen LogP contribution in [-0.2, 0) is 4.79 Å². The lowest BCUT2D eigenvalue weighted by Gasteiger charge is -2.10. The fourth-order valence-corrected chi connectivity index (χ4v) is 3.39. The van der Waals surface area contributed by atoms with Gasteiger partial charge in [0.25, 0.3) is 0 Å². The highest BCUT2D eigenvalue weighted by molar-refractivity contribution is 8.02. The van der Waals surface area contributed by atoms with Gasteiger partial charge in [0.2, 0.25) is 5.91 Å². The van der Waals surface area contributed by atoms with E-state index in [0.717, 1.165) is 15.0 Å². The summed E-state index contributed by atoms with van der Waals surface area (Å²) in [4.78, 5) is 12.0. The number of thioether (sulfide) groups is 1. The van der Waals surface area contributed by atoms with Crippen LogP contribution >= 0.6 is 34.7 Å². The SMILES string of the molecule is Cc1nnc(S[C@@H](C)C(=O)Nc2ccc(Cl)cc2)s1. The third kappa shape index (κ3) is 4.19. The molecular weight excluding hydrogens is 302 g/mol. The normalized spacial score (nSPS) is 12.2. The molecular formula is C12H12ClN3OS2. The van der Waals surface area contributed by atoms with E-state index < -0.39 is 0 Å². The Morgan fingerprint density at radius 2 is 2.05 bits per heavy atom. The Balaban J connectivity index is 1.94. The molecule has 4 nitrogen and oxygen atoms in total. The number of nitrogens with one attached hydrogen (secondary N) is 1. The molecule has 2 aromatic rings. The molecule has 100 valence electrons. The van der Waals surface area contributed by atoms with Gasteiger partial charge < -0.3 is 5.32 Å². The number of amides is 1. The molecule has 0 spiro atoms. The van der Waals surface area contributed by atoms with Gasteiger partial charge in [0.15, 0.2) is 4.34 Å². The van der Waals surface area contributed by atoms with E-state index in [4.69, 9.17) is 11.6 Å². The maximum Gasteiger partial charge on any atom is 0.237 e. The molecule has 0 aliphatic heterocycles. The first-order chi connectivity index (χ1) is 9.04. The summed E-state index contributed by atoms with van der Waals surface area (Å²) in [6.07, 6.45) is 0. The van der Waals surface area contributed by atoms with Crippen LogP contribution in [0.25, 0.3) is 0 Å². The van der Waals surface area contributed by atoms with Gasteiger partial charge in [-0.2, -0.15) is 0 Å². The number of aryl methyl sites for hydroxylation is 1. The first kappa shape index (κ1) is 14.3. The van der Waals surface area contributed by atoms with Gasteiger partial charge in [0, 0.05) is 10.7 Å². The number of hydrogen-bond acceptors (Lipinski definition) is 5. The van der Waals surface area contributed by atoms with E-state index in [2.05, 4.69) is 15.5 Å². The average Bonchev–Trinajstić information content (AvgIpc) is 2.77. The predicted molar refractivity (Wildman–Crippen MR) is 80.0 cm³/mol. The van der Waals surface area contributed by atoms with Crippen molar-refractivity contribution < 1.29 is 4.79 Å². The minimum atomic E-state index is -0.233. The molecule has 19 heavy (non-hydrogen) atoms. The number of rotatable bonds is 4. The molecule has 1 N–H and O–H groups in total. The molecule has 0 unspecified atom stereocenters. The number of nitrogens with zero attached hydrogens (tertiary/aromatic N) is 2. The second-order valence-electron chi connectivity index (χ2n) is 3.84. The highest BCUT2D eigenvalue weighted by atomic mass is 35.5. The van der Waals surface area contributed by atoms with Crippen molar-refractivity contribution in [3.8, 4) is 0 Å². The number of halogens is 1. The lowest BCUT2D eigenvalue weighted by atomic mass is 10.3. The summed E-state index contributed by atoms with van der Waals surface area (Å²) < 4.78 is 0.802. The third-order valence-corrected chi connectivity index (χ3v) is 4.54. The summed E-state index contributed by atoms with van der Waals surface area (Å²) >= 11 is 8.68. The summed E-state index contributed by atoms with van der Waals surface area (Å²) in [5.74, 6) is -0.0693. The van der Waals surface area contributed by atoms with Crippen LogP contribution in [0.2, 0.25) is 5.02 Å². The fourth-order valence-electron chi connectivity index (χ4n) is 1.31. The Hall–Kier alpha value is -1.11. The molecule has 2 rings (SSSR count). The van der Waals surface area contributed by atoms with Gasteiger partial charge in [-0.15, -0.1) is 10.2 Å². The topological polar surface area (TPSA) is 54.9 Å². The molecule has 0 aliphatic carbocycles. The Kier molecular flexibility index (Phi) is 4.79. The predicted octanol–water partition coefficient (Wildman–Crippen LogP) is 3.62. The zero-order valence-electron chi connectivity index (χ0n) is 10.4. The van der Waals surface area contributed by atoms with Crippen molar-refractivity contribution in [1.82, 2.24) is 10.2 Å². The van der Waals surface area contributed by atoms with Gasteiger partial charge in [-0.3, -0.25) is 4.79 Å². The standard InChI is InChI=1S/C12H12ClN3OS2/c1-7(18-12-16-15-8(2)19-12)11(17)14-10-5-3-9(13)4-6-10/h3-7H,1-2H3,(H,14,17)/t7-/m0/s1. The van der Waals surface area contributed by atoms with Gasteiger partial charge in [-0.1, -0.05) is 34.7 Å². The first-order valence-electron chi connectivity index (χ1n) is 5.58. The lowest BCUT2D eigenvalue weighted by Crippen LogP contribution is -2.22. The van der Waals surface area contributed by atoms with E-state index in [0.29, 0.717) is 5.02 Å². The van der Waals surface area contributed by atoms with Crippen LogP contribution in [0.3, 0.4) is 0 Å². The Labute approximate surface area is 124 Å². The molecule has 1 atom stereocenters. The van der Waals surface area contributed by atoms with E-state index in [9.17, 15) is 4.79 Å². The molecule has 0 radical (unpaired) electrons. The summed E-state index contributed by atoms with van der Waals surface area (Å²) in [5, 5.41) is 12.1. The molecule has 7 heteroatoms. The Bertz CT molecular complexity index is 571. The van der Waals surface area contributed by atoms with Gasteiger partial charge in [0.05, 0.1) is 5.25 Å². The van der Waals surface area contributed by atoms with Crippen molar-refractivity contribution in [2.45, 2.75) is 23.4 Å². The van der Waals surface area contributed by atoms with Crippen LogP contribution < -0.4 is 5.32 Å². The summed E-state index contributed by atoms with van der Waals surface area (Å²) in [5.41, 5.74) is 0.732. The smallest absolute Gasteiger partial charge is 0.237 e. The number of hydrogen-bond donors (Lipinski definition) is 1. The van der Waals surface area contributed by atoms with Crippen LogP contribution in [0.5, 0.6) is 0 Å². The Morgan fingerprint density at radius 3 is 2.63 bits per heavy atom. The van der Waals surface area contributed by atoms with E-state index >= 15 is 0 Å². The average molecular weight is 314 g/mol. The van der Waals surface area contributed by atoms with E-state index in [1.807, 2.05) is 13.8 Å². The summed E-state index contributed by atoms with van der Waals surface area (Å²) in [6, 6.07) is 7.02. The van der Waals surface area contributed by atoms with E-state index in [1.165, 1.54) is 23.1 Å². The van der Waals surface area contributed by atoms with Crippen LogP contribution in [0.4, 0.5) is 5.69 Å². The van der Waals surface area contributed by atoms with Gasteiger partial charge in [-0.25, -0.2) is 0 Å². The van der Waals surface area contributed by atoms with Crippen molar-refractivity contribution in [2.24, 2.45) is 0 Å². The monoisotopic (exact) mass is 313 g/mol. The number of carbonyl (C=O) groups excluding carboxylic acids is 1. The highest BCUT2D eigenvalue weighted by Gasteiger charge is 2.16. The van der Waals surface area contributed by atoms with Crippen LogP contribution in [0, 0.1) is 6.92 Å². The highest BCUT2D eigenvalue weighted by Crippen LogP contribution is 2.27. The molecule has 0 saturated heterocycles. The second-order valence-corrected chi connectivity index (χ2v) is 7.05. The van der Waals surface area contributed by atoms with Crippen molar-refractivity contribution in [1.29, 1.82) is 0 Å². The van der Waals surface area contributed by atoms with Crippen LogP contribution in [-0.4, -0.2) is 21.4 Å². The van der Waals surface area contributed by atoms with Gasteiger partial charge in [-0.05, 0) is 38.1 Å². The summed E-state index contributed by atoms with van der Waals surface area (Å²) in [7, 11) is 0. The van der Waals surface area contributed by atoms with E-state index in [1.54, 1.807) is 24.3 Å². The first-order valence-corrected chi connectivity index (χ1v) is 7.65. The zero-order valence-corrected chi connectivity index (χ0v) is 12.8. The second kappa shape index (κ2) is 6.36. The fraction of sp³-hybridized carbons (Fsp3) is 0.250. The van der Waals surface area contributed by atoms with Crippen molar-refractivity contribution in [3.05, 3.63) is 34.3 Å². The van der Waals surface area contributed by atoms with Crippen LogP contribution in [0.15, 0.2) is 28.6 Å². The molecule has 0 saturated carbocycles. The Morgan fingerprint density at radius 1 is 1.37 bits per heavy atom. The van der Waals surface area contributed by atoms with Crippen molar-refractivity contribution >= 4 is 46.3 Å². The van der Waals surface area contributed by atoms with Gasteiger partial charge in [0.1, 0.15) is 5.01 Å². The minimum Gasteiger partial charge on any atom is -0.325 e. The molecule has 1 amide bonds. The number of aromatic nitrogens is 2. The molecule has 1 aromatic heterocycles. The third-order valence-electron chi connectivity index (χ3n) is 2.27. The molecule has 1 aromatic carbocycles. The van der Waals surface area contributed by atoms with Crippen LogP contribution in [0.1, 0.15) is 11.9 Å². The maximum atomic E-state index is 12.0. The largest absolute Gasteiger partial charge is 0.325 e. The number of carbonyl (C=O) groups is 1. The maximum absolute atomic E-state index is 12.0. The van der Waals surface area contributed by atoms with Crippen molar-refractivity contribution in [2.75, 3.05) is 5.32 Å². The quantitative estimate of drug-likeness (QED) is 0.876. The lowest BCUT2D eigenvalue weighted by molar-refractivity contribution is -0.115. The molecule has 0 fully saturated rings. The molecule has 1 heterocycles. The molecule has 0 aliphatic rings. The minimum absolute atomic E-state index is 0.0693. The molecule has 0 bridgehead atoms. The zero-order chi connectivity index (χ0) is 13.8. The number of benzene rings is 1.